The molecule has 3 aromatic rings. The van der Waals surface area contributed by atoms with Crippen molar-refractivity contribution in [1.29, 1.82) is 0 Å². The number of aryl methyl sites for hydroxylation is 2. The first-order valence-corrected chi connectivity index (χ1v) is 10.4. The Morgan fingerprint density at radius 2 is 1.84 bits per heavy atom. The Kier molecular flexibility index (Phi) is 6.22. The fourth-order valence-corrected chi connectivity index (χ4v) is 3.72. The molecule has 0 bridgehead atoms. The van der Waals surface area contributed by atoms with Gasteiger partial charge in [-0.05, 0) is 37.3 Å². The largest absolute Gasteiger partial charge is 0.497 e. The van der Waals surface area contributed by atoms with Gasteiger partial charge in [0.15, 0.2) is 5.65 Å². The Bertz CT molecular complexity index is 1040. The van der Waals surface area contributed by atoms with Crippen molar-refractivity contribution in [1.82, 2.24) is 24.6 Å². The molecule has 0 unspecified atom stereocenters. The second-order valence-electron chi connectivity index (χ2n) is 7.59. The van der Waals surface area contributed by atoms with Crippen LogP contribution in [0.3, 0.4) is 0 Å². The van der Waals surface area contributed by atoms with Gasteiger partial charge in [0.05, 0.1) is 24.7 Å². The van der Waals surface area contributed by atoms with Crippen molar-refractivity contribution in [2.75, 3.05) is 51.8 Å². The SMILES string of the molecule is COc1ccc(OCCN2CCN(C(=O)Nc3cnc4c(c3)c(C)nn4C)CC2)cc1. The summed E-state index contributed by atoms with van der Waals surface area (Å²) in [6, 6.07) is 9.40. The highest BCUT2D eigenvalue weighted by Crippen LogP contribution is 2.20. The minimum absolute atomic E-state index is 0.100. The van der Waals surface area contributed by atoms with Gasteiger partial charge < -0.3 is 19.7 Å². The lowest BCUT2D eigenvalue weighted by molar-refractivity contribution is 0.132. The van der Waals surface area contributed by atoms with Crippen LogP contribution in [0.15, 0.2) is 36.5 Å². The topological polar surface area (TPSA) is 84.8 Å². The van der Waals surface area contributed by atoms with Gasteiger partial charge in [-0.25, -0.2) is 9.78 Å². The van der Waals surface area contributed by atoms with Gasteiger partial charge in [-0.1, -0.05) is 0 Å². The van der Waals surface area contributed by atoms with E-state index in [0.29, 0.717) is 25.4 Å². The van der Waals surface area contributed by atoms with Crippen molar-refractivity contribution in [3.8, 4) is 11.5 Å². The van der Waals surface area contributed by atoms with Crippen LogP contribution in [0.5, 0.6) is 11.5 Å². The average Bonchev–Trinajstić information content (AvgIpc) is 3.07. The fraction of sp³-hybridized carbons (Fsp3) is 0.409. The highest BCUT2D eigenvalue weighted by Gasteiger charge is 2.21. The number of hydrogen-bond donors (Lipinski definition) is 1. The van der Waals surface area contributed by atoms with Crippen LogP contribution >= 0.6 is 0 Å². The van der Waals surface area contributed by atoms with Gasteiger partial charge in [-0.15, -0.1) is 0 Å². The zero-order chi connectivity index (χ0) is 21.8. The number of carbonyl (C=O) groups excluding carboxylic acids is 1. The van der Waals surface area contributed by atoms with E-state index in [1.807, 2.05) is 49.2 Å². The number of nitrogens with zero attached hydrogens (tertiary/aromatic N) is 5. The molecule has 0 spiro atoms. The van der Waals surface area contributed by atoms with Crippen LogP contribution < -0.4 is 14.8 Å². The highest BCUT2D eigenvalue weighted by molar-refractivity contribution is 5.92. The number of hydrogen-bond acceptors (Lipinski definition) is 6. The van der Waals surface area contributed by atoms with E-state index in [2.05, 4.69) is 20.3 Å². The van der Waals surface area contributed by atoms with Crippen molar-refractivity contribution in [2.45, 2.75) is 6.92 Å². The number of anilines is 1. The van der Waals surface area contributed by atoms with Gasteiger partial charge in [0, 0.05) is 45.2 Å². The number of fused-ring (bicyclic) bond motifs is 1. The lowest BCUT2D eigenvalue weighted by Gasteiger charge is -2.34. The maximum atomic E-state index is 12.7. The van der Waals surface area contributed by atoms with Crippen LogP contribution in [-0.4, -0.2) is 77.0 Å². The number of aromatic nitrogens is 3. The van der Waals surface area contributed by atoms with Crippen molar-refractivity contribution >= 4 is 22.8 Å². The molecule has 1 aliphatic rings. The van der Waals surface area contributed by atoms with E-state index in [9.17, 15) is 4.79 Å². The van der Waals surface area contributed by atoms with Crippen LogP contribution in [0, 0.1) is 6.92 Å². The van der Waals surface area contributed by atoms with Crippen LogP contribution in [-0.2, 0) is 7.05 Å². The molecule has 31 heavy (non-hydrogen) atoms. The summed E-state index contributed by atoms with van der Waals surface area (Å²) < 4.78 is 12.7. The third-order valence-electron chi connectivity index (χ3n) is 5.51. The van der Waals surface area contributed by atoms with Crippen molar-refractivity contribution in [3.63, 3.8) is 0 Å². The van der Waals surface area contributed by atoms with Crippen molar-refractivity contribution in [2.24, 2.45) is 7.05 Å². The zero-order valence-corrected chi connectivity index (χ0v) is 18.2. The number of carbonyl (C=O) groups is 1. The first-order chi connectivity index (χ1) is 15.0. The Hall–Kier alpha value is -3.33. The summed E-state index contributed by atoms with van der Waals surface area (Å²) in [7, 11) is 3.51. The lowest BCUT2D eigenvalue weighted by Crippen LogP contribution is -2.50. The molecule has 1 saturated heterocycles. The Labute approximate surface area is 181 Å². The van der Waals surface area contributed by atoms with E-state index in [1.165, 1.54) is 0 Å². The summed E-state index contributed by atoms with van der Waals surface area (Å²) in [5.74, 6) is 1.64. The van der Waals surface area contributed by atoms with Crippen LogP contribution in [0.25, 0.3) is 11.0 Å². The molecule has 0 saturated carbocycles. The van der Waals surface area contributed by atoms with Gasteiger partial charge in [-0.3, -0.25) is 9.58 Å². The molecule has 0 radical (unpaired) electrons. The van der Waals surface area contributed by atoms with E-state index in [0.717, 1.165) is 47.9 Å². The quantitative estimate of drug-likeness (QED) is 0.655. The number of amides is 2. The predicted octanol–water partition coefficient (Wildman–Crippen LogP) is 2.51. The molecule has 2 aromatic heterocycles. The summed E-state index contributed by atoms with van der Waals surface area (Å²) in [5.41, 5.74) is 2.39. The second-order valence-corrected chi connectivity index (χ2v) is 7.59. The molecule has 1 N–H and O–H groups in total. The molecule has 0 atom stereocenters. The number of nitrogens with one attached hydrogen (secondary N) is 1. The number of rotatable bonds is 6. The van der Waals surface area contributed by atoms with Crippen LogP contribution in [0.2, 0.25) is 0 Å². The van der Waals surface area contributed by atoms with Gasteiger partial charge in [0.2, 0.25) is 0 Å². The Balaban J connectivity index is 1.22. The van der Waals surface area contributed by atoms with E-state index in [-0.39, 0.29) is 6.03 Å². The van der Waals surface area contributed by atoms with Gasteiger partial charge in [0.25, 0.3) is 0 Å². The number of methoxy groups -OCH3 is 1. The number of benzene rings is 1. The molecule has 1 fully saturated rings. The maximum Gasteiger partial charge on any atom is 0.321 e. The molecule has 2 amide bonds. The van der Waals surface area contributed by atoms with E-state index in [4.69, 9.17) is 9.47 Å². The summed E-state index contributed by atoms with van der Waals surface area (Å²) in [4.78, 5) is 21.2. The van der Waals surface area contributed by atoms with E-state index < -0.39 is 0 Å². The second kappa shape index (κ2) is 9.22. The van der Waals surface area contributed by atoms with Crippen molar-refractivity contribution in [3.05, 3.63) is 42.2 Å². The van der Waals surface area contributed by atoms with E-state index >= 15 is 0 Å². The third kappa shape index (κ3) is 4.88. The molecule has 0 aliphatic carbocycles. The van der Waals surface area contributed by atoms with Gasteiger partial charge in [0.1, 0.15) is 18.1 Å². The highest BCUT2D eigenvalue weighted by atomic mass is 16.5. The monoisotopic (exact) mass is 424 g/mol. The number of pyridine rings is 1. The molecule has 9 heteroatoms. The number of urea groups is 1. The molecule has 3 heterocycles. The molecular formula is C22H28N6O3. The molecule has 1 aliphatic heterocycles. The molecule has 4 rings (SSSR count). The minimum atomic E-state index is -0.100. The zero-order valence-electron chi connectivity index (χ0n) is 18.2. The number of ether oxygens (including phenoxy) is 2. The van der Waals surface area contributed by atoms with Crippen molar-refractivity contribution < 1.29 is 14.3 Å². The Morgan fingerprint density at radius 3 is 2.55 bits per heavy atom. The molecule has 164 valence electrons. The summed E-state index contributed by atoms with van der Waals surface area (Å²) in [5, 5.41) is 8.28. The lowest BCUT2D eigenvalue weighted by atomic mass is 10.2. The normalized spacial score (nSPS) is 14.6. The smallest absolute Gasteiger partial charge is 0.321 e. The summed E-state index contributed by atoms with van der Waals surface area (Å²) >= 11 is 0. The Morgan fingerprint density at radius 1 is 1.13 bits per heavy atom. The van der Waals surface area contributed by atoms with Crippen LogP contribution in [0.1, 0.15) is 5.69 Å². The van der Waals surface area contributed by atoms with Gasteiger partial charge >= 0.3 is 6.03 Å². The molecular weight excluding hydrogens is 396 g/mol. The fourth-order valence-electron chi connectivity index (χ4n) is 3.72. The van der Waals surface area contributed by atoms with Crippen LogP contribution in [0.4, 0.5) is 10.5 Å². The summed E-state index contributed by atoms with van der Waals surface area (Å²) in [6.45, 7) is 6.35. The summed E-state index contributed by atoms with van der Waals surface area (Å²) in [6.07, 6.45) is 1.67. The minimum Gasteiger partial charge on any atom is -0.497 e. The van der Waals surface area contributed by atoms with E-state index in [1.54, 1.807) is 18.0 Å². The number of piperazine rings is 1. The third-order valence-corrected chi connectivity index (χ3v) is 5.51. The maximum absolute atomic E-state index is 12.7. The predicted molar refractivity (Wildman–Crippen MR) is 119 cm³/mol. The first kappa shape index (κ1) is 20.9. The van der Waals surface area contributed by atoms with Gasteiger partial charge in [-0.2, -0.15) is 5.10 Å². The standard InChI is InChI=1S/C22H28N6O3/c1-16-20-14-17(15-23-21(20)26(2)25-16)24-22(29)28-10-8-27(9-11-28)12-13-31-19-6-4-18(30-3)5-7-19/h4-7,14-15H,8-13H2,1-3H3,(H,24,29). The average molecular weight is 425 g/mol. The molecule has 9 nitrogen and oxygen atoms in total. The first-order valence-electron chi connectivity index (χ1n) is 10.4. The molecule has 1 aromatic carbocycles.